The van der Waals surface area contributed by atoms with Crippen LogP contribution in [0.15, 0.2) is 36.4 Å². The third kappa shape index (κ3) is 2.65. The summed E-state index contributed by atoms with van der Waals surface area (Å²) in [4.78, 5) is 0. The fourth-order valence-electron chi connectivity index (χ4n) is 2.00. The molecule has 0 unspecified atom stereocenters. The Labute approximate surface area is 123 Å². The average Bonchev–Trinajstić information content (AvgIpc) is 2.35. The molecule has 0 heterocycles. The maximum Gasteiger partial charge on any atom is 0.0638 e. The van der Waals surface area contributed by atoms with Gasteiger partial charge in [0.2, 0.25) is 0 Å². The molecule has 0 saturated carbocycles. The van der Waals surface area contributed by atoms with Gasteiger partial charge in [-0.1, -0.05) is 49.2 Å². The number of hydrogen-bond donors (Lipinski definition) is 2. The van der Waals surface area contributed by atoms with Gasteiger partial charge in [0.1, 0.15) is 0 Å². The zero-order valence-corrected chi connectivity index (χ0v) is 12.4. The van der Waals surface area contributed by atoms with E-state index in [1.807, 2.05) is 36.4 Å². The summed E-state index contributed by atoms with van der Waals surface area (Å²) in [6.07, 6.45) is 0. The van der Waals surface area contributed by atoms with Crippen molar-refractivity contribution in [1.29, 1.82) is 0 Å². The van der Waals surface area contributed by atoms with Gasteiger partial charge in [0.05, 0.1) is 21.4 Å². The molecule has 0 saturated heterocycles. The minimum Gasteiger partial charge on any atom is -0.398 e. The van der Waals surface area contributed by atoms with E-state index in [2.05, 4.69) is 13.8 Å². The Morgan fingerprint density at radius 3 is 1.47 bits per heavy atom. The van der Waals surface area contributed by atoms with Crippen molar-refractivity contribution in [2.24, 2.45) is 0 Å². The standard InChI is InChI=1S/C15H16Cl2N2/c1-15(2,9-3-5-13(18)11(16)7-9)10-4-6-14(19)12(17)8-10/h3-8H,18-19H2,1-2H3. The predicted octanol–water partition coefficient (Wildman–Crippen LogP) is 4.48. The van der Waals surface area contributed by atoms with Crippen molar-refractivity contribution < 1.29 is 0 Å². The fourth-order valence-corrected chi connectivity index (χ4v) is 2.36. The quantitative estimate of drug-likeness (QED) is 0.802. The van der Waals surface area contributed by atoms with Gasteiger partial charge in [-0.3, -0.25) is 0 Å². The molecule has 0 fully saturated rings. The molecule has 4 heteroatoms. The van der Waals surface area contributed by atoms with Crippen molar-refractivity contribution in [2.75, 3.05) is 11.5 Å². The largest absolute Gasteiger partial charge is 0.398 e. The van der Waals surface area contributed by atoms with E-state index in [0.29, 0.717) is 21.4 Å². The van der Waals surface area contributed by atoms with Crippen molar-refractivity contribution in [2.45, 2.75) is 19.3 Å². The fraction of sp³-hybridized carbons (Fsp3) is 0.200. The van der Waals surface area contributed by atoms with Crippen LogP contribution < -0.4 is 11.5 Å². The molecule has 2 rings (SSSR count). The van der Waals surface area contributed by atoms with Crippen LogP contribution in [0.1, 0.15) is 25.0 Å². The smallest absolute Gasteiger partial charge is 0.0638 e. The summed E-state index contributed by atoms with van der Waals surface area (Å²) in [6, 6.07) is 11.4. The van der Waals surface area contributed by atoms with Crippen molar-refractivity contribution in [3.8, 4) is 0 Å². The molecule has 4 N–H and O–H groups in total. The molecule has 19 heavy (non-hydrogen) atoms. The van der Waals surface area contributed by atoms with Crippen LogP contribution in [-0.2, 0) is 5.41 Å². The molecule has 0 aliphatic carbocycles. The maximum absolute atomic E-state index is 6.09. The van der Waals surface area contributed by atoms with Gasteiger partial charge in [0.15, 0.2) is 0 Å². The van der Waals surface area contributed by atoms with Crippen molar-refractivity contribution in [3.05, 3.63) is 57.6 Å². The van der Waals surface area contributed by atoms with E-state index in [9.17, 15) is 0 Å². The molecule has 2 aromatic carbocycles. The Morgan fingerprint density at radius 1 is 0.789 bits per heavy atom. The Hall–Kier alpha value is -1.38. The summed E-state index contributed by atoms with van der Waals surface area (Å²) in [7, 11) is 0. The summed E-state index contributed by atoms with van der Waals surface area (Å²) in [6.45, 7) is 4.22. The first-order valence-corrected chi connectivity index (χ1v) is 6.69. The van der Waals surface area contributed by atoms with Crippen LogP contribution in [0.3, 0.4) is 0 Å². The monoisotopic (exact) mass is 294 g/mol. The highest BCUT2D eigenvalue weighted by atomic mass is 35.5. The summed E-state index contributed by atoms with van der Waals surface area (Å²) in [5.74, 6) is 0. The average molecular weight is 295 g/mol. The van der Waals surface area contributed by atoms with Gasteiger partial charge in [0.25, 0.3) is 0 Å². The second-order valence-corrected chi connectivity index (χ2v) is 5.91. The number of benzene rings is 2. The normalized spacial score (nSPS) is 11.6. The number of anilines is 2. The number of nitrogen functional groups attached to an aromatic ring is 2. The topological polar surface area (TPSA) is 52.0 Å². The molecule has 0 atom stereocenters. The van der Waals surface area contributed by atoms with Crippen molar-refractivity contribution in [1.82, 2.24) is 0 Å². The third-order valence-electron chi connectivity index (χ3n) is 3.44. The first-order valence-electron chi connectivity index (χ1n) is 5.93. The van der Waals surface area contributed by atoms with Gasteiger partial charge >= 0.3 is 0 Å². The van der Waals surface area contributed by atoms with E-state index >= 15 is 0 Å². The first kappa shape index (κ1) is 14.0. The molecule has 100 valence electrons. The van der Waals surface area contributed by atoms with E-state index in [4.69, 9.17) is 34.7 Å². The highest BCUT2D eigenvalue weighted by Gasteiger charge is 2.24. The van der Waals surface area contributed by atoms with Gasteiger partial charge in [0, 0.05) is 5.41 Å². The molecule has 2 nitrogen and oxygen atoms in total. The summed E-state index contributed by atoms with van der Waals surface area (Å²) in [5.41, 5.74) is 14.6. The zero-order valence-electron chi connectivity index (χ0n) is 10.9. The lowest BCUT2D eigenvalue weighted by Crippen LogP contribution is -2.19. The maximum atomic E-state index is 6.09. The highest BCUT2D eigenvalue weighted by molar-refractivity contribution is 6.33. The van der Waals surface area contributed by atoms with Gasteiger partial charge in [-0.25, -0.2) is 0 Å². The Morgan fingerprint density at radius 2 is 1.16 bits per heavy atom. The van der Waals surface area contributed by atoms with Crippen LogP contribution in [0.25, 0.3) is 0 Å². The van der Waals surface area contributed by atoms with Crippen LogP contribution in [-0.4, -0.2) is 0 Å². The Kier molecular flexibility index (Phi) is 3.66. The lowest BCUT2D eigenvalue weighted by molar-refractivity contribution is 0.641. The van der Waals surface area contributed by atoms with Crippen LogP contribution in [0.2, 0.25) is 10.0 Å². The number of nitrogens with two attached hydrogens (primary N) is 2. The molecule has 0 radical (unpaired) electrons. The van der Waals surface area contributed by atoms with E-state index in [-0.39, 0.29) is 5.41 Å². The molecular formula is C15H16Cl2N2. The number of rotatable bonds is 2. The van der Waals surface area contributed by atoms with E-state index < -0.39 is 0 Å². The molecule has 0 aromatic heterocycles. The molecule has 0 aliphatic heterocycles. The van der Waals surface area contributed by atoms with Gasteiger partial charge in [-0.15, -0.1) is 0 Å². The lowest BCUT2D eigenvalue weighted by atomic mass is 9.78. The molecule has 0 aliphatic rings. The predicted molar refractivity (Wildman–Crippen MR) is 83.9 cm³/mol. The summed E-state index contributed by atoms with van der Waals surface area (Å²) < 4.78 is 0. The molecular weight excluding hydrogens is 279 g/mol. The van der Waals surface area contributed by atoms with Crippen LogP contribution in [0.5, 0.6) is 0 Å². The zero-order chi connectivity index (χ0) is 14.2. The van der Waals surface area contributed by atoms with Crippen LogP contribution in [0, 0.1) is 0 Å². The van der Waals surface area contributed by atoms with Crippen molar-refractivity contribution >= 4 is 34.6 Å². The van der Waals surface area contributed by atoms with E-state index in [1.165, 1.54) is 0 Å². The number of halogens is 2. The second kappa shape index (κ2) is 4.95. The summed E-state index contributed by atoms with van der Waals surface area (Å²) >= 11 is 12.2. The molecule has 0 spiro atoms. The SMILES string of the molecule is CC(C)(c1ccc(N)c(Cl)c1)c1ccc(N)c(Cl)c1. The Balaban J connectivity index is 2.51. The van der Waals surface area contributed by atoms with Crippen LogP contribution >= 0.6 is 23.2 Å². The van der Waals surface area contributed by atoms with Gasteiger partial charge in [-0.05, 0) is 35.4 Å². The number of hydrogen-bond acceptors (Lipinski definition) is 2. The minimum atomic E-state index is -0.227. The molecule has 0 amide bonds. The first-order chi connectivity index (χ1) is 8.82. The lowest BCUT2D eigenvalue weighted by Gasteiger charge is -2.27. The van der Waals surface area contributed by atoms with E-state index in [1.54, 1.807) is 0 Å². The van der Waals surface area contributed by atoms with Crippen molar-refractivity contribution in [3.63, 3.8) is 0 Å². The second-order valence-electron chi connectivity index (χ2n) is 5.10. The van der Waals surface area contributed by atoms with Gasteiger partial charge in [-0.2, -0.15) is 0 Å². The highest BCUT2D eigenvalue weighted by Crippen LogP contribution is 2.36. The van der Waals surface area contributed by atoms with Gasteiger partial charge < -0.3 is 11.5 Å². The third-order valence-corrected chi connectivity index (χ3v) is 4.10. The Bertz CT molecular complexity index is 568. The minimum absolute atomic E-state index is 0.227. The van der Waals surface area contributed by atoms with E-state index in [0.717, 1.165) is 11.1 Å². The summed E-state index contributed by atoms with van der Waals surface area (Å²) in [5, 5.41) is 1.12. The van der Waals surface area contributed by atoms with Crippen LogP contribution in [0.4, 0.5) is 11.4 Å². The molecule has 0 bridgehead atoms. The molecule has 2 aromatic rings.